The van der Waals surface area contributed by atoms with Crippen molar-refractivity contribution in [1.82, 2.24) is 15.5 Å². The molecule has 8 nitrogen and oxygen atoms in total. The number of aliphatic carboxylic acids is 1. The molecule has 136 valence electrons. The van der Waals surface area contributed by atoms with Crippen LogP contribution in [0.25, 0.3) is 0 Å². The standard InChI is InChI=1S/C17H23N3O5/c1-7(21)11-13-9-3-2-4-10(19-17(25)18-8-5-6-8)12(9)14(16(23)24)20(13)15(11)22/h7-11,13,21H,2-6H2,1H3,(H,23,24)(H2,18,19,25)/t7?,9-,10-,11+,13+/m0/s1. The molecule has 0 aromatic heterocycles. The van der Waals surface area contributed by atoms with Gasteiger partial charge in [0.25, 0.3) is 0 Å². The fourth-order valence-corrected chi connectivity index (χ4v) is 4.65. The van der Waals surface area contributed by atoms with Gasteiger partial charge in [-0.15, -0.1) is 0 Å². The van der Waals surface area contributed by atoms with E-state index in [4.69, 9.17) is 0 Å². The Morgan fingerprint density at radius 3 is 2.52 bits per heavy atom. The quantitative estimate of drug-likeness (QED) is 0.540. The molecule has 5 atom stereocenters. The van der Waals surface area contributed by atoms with E-state index in [2.05, 4.69) is 10.6 Å². The van der Waals surface area contributed by atoms with Crippen molar-refractivity contribution in [3.05, 3.63) is 11.3 Å². The van der Waals surface area contributed by atoms with Gasteiger partial charge in [-0.05, 0) is 38.2 Å². The van der Waals surface area contributed by atoms with Gasteiger partial charge in [0.2, 0.25) is 5.91 Å². The number of nitrogens with zero attached hydrogens (tertiary/aromatic N) is 1. The molecule has 0 spiro atoms. The Balaban J connectivity index is 1.62. The van der Waals surface area contributed by atoms with E-state index >= 15 is 0 Å². The number of carboxylic acids is 1. The van der Waals surface area contributed by atoms with Crippen molar-refractivity contribution in [2.75, 3.05) is 0 Å². The number of aliphatic hydroxyl groups excluding tert-OH is 1. The van der Waals surface area contributed by atoms with E-state index in [1.54, 1.807) is 6.92 Å². The summed E-state index contributed by atoms with van der Waals surface area (Å²) in [5.74, 6) is -2.14. The number of hydrogen-bond donors (Lipinski definition) is 4. The Hall–Kier alpha value is -2.09. The van der Waals surface area contributed by atoms with Crippen LogP contribution in [0.2, 0.25) is 0 Å². The van der Waals surface area contributed by atoms with Gasteiger partial charge < -0.3 is 25.7 Å². The lowest BCUT2D eigenvalue weighted by atomic mass is 9.71. The zero-order valence-corrected chi connectivity index (χ0v) is 14.1. The van der Waals surface area contributed by atoms with Gasteiger partial charge in [-0.3, -0.25) is 4.79 Å². The first-order valence-corrected chi connectivity index (χ1v) is 8.95. The Morgan fingerprint density at radius 2 is 1.92 bits per heavy atom. The molecule has 2 aliphatic carbocycles. The Bertz CT molecular complexity index is 669. The van der Waals surface area contributed by atoms with E-state index in [1.165, 1.54) is 4.90 Å². The minimum absolute atomic E-state index is 0.00771. The summed E-state index contributed by atoms with van der Waals surface area (Å²) in [5.41, 5.74) is 0.652. The van der Waals surface area contributed by atoms with Gasteiger partial charge in [0, 0.05) is 12.0 Å². The number of carbonyl (C=O) groups is 3. The number of fused-ring (bicyclic) bond motifs is 3. The van der Waals surface area contributed by atoms with Gasteiger partial charge in [0.15, 0.2) is 0 Å². The molecule has 0 aromatic rings. The van der Waals surface area contributed by atoms with Gasteiger partial charge in [0.05, 0.1) is 24.1 Å². The molecule has 0 radical (unpaired) electrons. The third-order valence-corrected chi connectivity index (χ3v) is 5.84. The highest BCUT2D eigenvalue weighted by Crippen LogP contribution is 2.52. The van der Waals surface area contributed by atoms with Crippen LogP contribution in [-0.2, 0) is 9.59 Å². The van der Waals surface area contributed by atoms with Crippen LogP contribution in [0.3, 0.4) is 0 Å². The summed E-state index contributed by atoms with van der Waals surface area (Å²) in [6, 6.07) is -0.739. The lowest BCUT2D eigenvalue weighted by Crippen LogP contribution is -2.64. The normalized spacial score (nSPS) is 34.8. The maximum Gasteiger partial charge on any atom is 0.352 e. The number of aliphatic hydroxyl groups is 1. The van der Waals surface area contributed by atoms with Gasteiger partial charge >= 0.3 is 12.0 Å². The van der Waals surface area contributed by atoms with Crippen molar-refractivity contribution in [3.8, 4) is 0 Å². The highest BCUT2D eigenvalue weighted by Gasteiger charge is 2.62. The highest BCUT2D eigenvalue weighted by atomic mass is 16.4. The van der Waals surface area contributed by atoms with Crippen molar-refractivity contribution < 1.29 is 24.6 Å². The number of carbonyl (C=O) groups excluding carboxylic acids is 2. The molecule has 2 aliphatic heterocycles. The molecule has 2 saturated carbocycles. The molecule has 0 bridgehead atoms. The van der Waals surface area contributed by atoms with Crippen LogP contribution in [0.4, 0.5) is 4.79 Å². The van der Waals surface area contributed by atoms with Crippen LogP contribution in [-0.4, -0.2) is 57.3 Å². The maximum atomic E-state index is 12.4. The first kappa shape index (κ1) is 16.4. The molecule has 4 rings (SSSR count). The zero-order chi connectivity index (χ0) is 17.9. The maximum absolute atomic E-state index is 12.4. The second-order valence-electron chi connectivity index (χ2n) is 7.56. The summed E-state index contributed by atoms with van der Waals surface area (Å²) in [7, 11) is 0. The van der Waals surface area contributed by atoms with Gasteiger partial charge in [-0.1, -0.05) is 6.42 Å². The molecular weight excluding hydrogens is 326 g/mol. The van der Waals surface area contributed by atoms with E-state index in [1.807, 2.05) is 0 Å². The van der Waals surface area contributed by atoms with Crippen molar-refractivity contribution in [3.63, 3.8) is 0 Å². The summed E-state index contributed by atoms with van der Waals surface area (Å²) in [4.78, 5) is 37.7. The summed E-state index contributed by atoms with van der Waals surface area (Å²) in [6.07, 6.45) is 3.42. The van der Waals surface area contributed by atoms with E-state index in [9.17, 15) is 24.6 Å². The highest BCUT2D eigenvalue weighted by molar-refractivity contribution is 6.00. The molecule has 1 unspecified atom stereocenters. The number of hydrogen-bond acceptors (Lipinski definition) is 4. The Kier molecular flexibility index (Phi) is 3.75. The first-order chi connectivity index (χ1) is 11.9. The number of carboxylic acid groups (broad SMARTS) is 1. The second kappa shape index (κ2) is 5.72. The van der Waals surface area contributed by atoms with Crippen LogP contribution in [0.5, 0.6) is 0 Å². The summed E-state index contributed by atoms with van der Waals surface area (Å²) in [5, 5.41) is 25.4. The van der Waals surface area contributed by atoms with Gasteiger partial charge in [0.1, 0.15) is 5.70 Å². The fraction of sp³-hybridized carbons (Fsp3) is 0.706. The number of amides is 3. The predicted molar refractivity (Wildman–Crippen MR) is 86.3 cm³/mol. The number of urea groups is 1. The molecule has 25 heavy (non-hydrogen) atoms. The largest absolute Gasteiger partial charge is 0.477 e. The van der Waals surface area contributed by atoms with E-state index in [0.717, 1.165) is 25.7 Å². The predicted octanol–water partition coefficient (Wildman–Crippen LogP) is 0.177. The van der Waals surface area contributed by atoms with Crippen LogP contribution in [0.1, 0.15) is 39.0 Å². The second-order valence-corrected chi connectivity index (χ2v) is 7.56. The molecule has 0 aromatic carbocycles. The monoisotopic (exact) mass is 349 g/mol. The molecule has 2 heterocycles. The van der Waals surface area contributed by atoms with Gasteiger partial charge in [-0.2, -0.15) is 0 Å². The Labute approximate surface area is 145 Å². The van der Waals surface area contributed by atoms with Crippen molar-refractivity contribution in [2.45, 2.75) is 63.3 Å². The fourth-order valence-electron chi connectivity index (χ4n) is 4.65. The molecule has 8 heteroatoms. The number of nitrogens with one attached hydrogen (secondary N) is 2. The van der Waals surface area contributed by atoms with Crippen molar-refractivity contribution >= 4 is 17.9 Å². The lowest BCUT2D eigenvalue weighted by Gasteiger charge is -2.47. The van der Waals surface area contributed by atoms with E-state index in [-0.39, 0.29) is 41.7 Å². The van der Waals surface area contributed by atoms with Crippen LogP contribution < -0.4 is 10.6 Å². The van der Waals surface area contributed by atoms with Crippen molar-refractivity contribution in [2.24, 2.45) is 11.8 Å². The topological polar surface area (TPSA) is 119 Å². The van der Waals surface area contributed by atoms with Crippen LogP contribution >= 0.6 is 0 Å². The molecule has 4 N–H and O–H groups in total. The summed E-state index contributed by atoms with van der Waals surface area (Å²) in [6.45, 7) is 1.57. The van der Waals surface area contributed by atoms with E-state index in [0.29, 0.717) is 12.0 Å². The molecule has 1 saturated heterocycles. The minimum atomic E-state index is -1.14. The molecule has 4 aliphatic rings. The Morgan fingerprint density at radius 1 is 1.20 bits per heavy atom. The SMILES string of the molecule is CC(O)[C@H]1C(=O)N2C(C(=O)O)=C3[C@@H](NC(=O)NC4CC4)CCC[C@@H]3[C@H]12. The zero-order valence-electron chi connectivity index (χ0n) is 14.1. The summed E-state index contributed by atoms with van der Waals surface area (Å²) >= 11 is 0. The van der Waals surface area contributed by atoms with E-state index < -0.39 is 18.0 Å². The number of β-lactam (4-membered cyclic amide) rings is 1. The van der Waals surface area contributed by atoms with Crippen molar-refractivity contribution in [1.29, 1.82) is 0 Å². The number of rotatable bonds is 4. The first-order valence-electron chi connectivity index (χ1n) is 8.95. The third kappa shape index (κ3) is 2.50. The minimum Gasteiger partial charge on any atom is -0.477 e. The summed E-state index contributed by atoms with van der Waals surface area (Å²) < 4.78 is 0. The third-order valence-electron chi connectivity index (χ3n) is 5.84. The van der Waals surface area contributed by atoms with Crippen LogP contribution in [0.15, 0.2) is 11.3 Å². The molecule has 3 amide bonds. The van der Waals surface area contributed by atoms with Gasteiger partial charge in [-0.25, -0.2) is 9.59 Å². The lowest BCUT2D eigenvalue weighted by molar-refractivity contribution is -0.163. The average molecular weight is 349 g/mol. The molecule has 3 fully saturated rings. The smallest absolute Gasteiger partial charge is 0.352 e. The van der Waals surface area contributed by atoms with Crippen LogP contribution in [0, 0.1) is 11.8 Å². The molecular formula is C17H23N3O5. The average Bonchev–Trinajstić information content (AvgIpc) is 3.27.